The van der Waals surface area contributed by atoms with Crippen LogP contribution in [-0.4, -0.2) is 15.5 Å². The number of carbonyl (C=O) groups is 1. The topological polar surface area (TPSA) is 41.7 Å². The van der Waals surface area contributed by atoms with Gasteiger partial charge in [0.15, 0.2) is 0 Å². The fraction of sp³-hybridized carbons (Fsp3) is 0. The van der Waals surface area contributed by atoms with Crippen molar-refractivity contribution in [3.63, 3.8) is 0 Å². The fourth-order valence-electron chi connectivity index (χ4n) is 2.91. The zero-order valence-corrected chi connectivity index (χ0v) is 16.2. The highest BCUT2D eigenvalue weighted by molar-refractivity contribution is 7.99. The minimum absolute atomic E-state index is 0.264. The summed E-state index contributed by atoms with van der Waals surface area (Å²) in [5, 5.41) is 11.3. The molecule has 0 aliphatic rings. The molecule has 2 heterocycles. The Kier molecular flexibility index (Phi) is 4.87. The summed E-state index contributed by atoms with van der Waals surface area (Å²) >= 11 is 14.2. The summed E-state index contributed by atoms with van der Waals surface area (Å²) in [5.74, 6) is -0.937. The van der Waals surface area contributed by atoms with E-state index in [4.69, 9.17) is 28.3 Å². The summed E-state index contributed by atoms with van der Waals surface area (Å²) in [6.45, 7) is 0. The van der Waals surface area contributed by atoms with Crippen LogP contribution >= 0.6 is 35.0 Å². The number of fused-ring (bicyclic) bond motifs is 1. The molecular weight excluding hydrogens is 401 g/mol. The first-order valence-corrected chi connectivity index (χ1v) is 9.67. The Morgan fingerprint density at radius 3 is 2.30 bits per heavy atom. The highest BCUT2D eigenvalue weighted by atomic mass is 35.5. The van der Waals surface area contributed by atoms with Gasteiger partial charge in [0.25, 0.3) is 0 Å². The van der Waals surface area contributed by atoms with E-state index < -0.39 is 5.97 Å². The molecule has 3 nitrogen and oxygen atoms in total. The monoisotopic (exact) mass is 413 g/mol. The summed E-state index contributed by atoms with van der Waals surface area (Å²) < 4.78 is 2.07. The molecule has 0 fully saturated rings. The van der Waals surface area contributed by atoms with Crippen molar-refractivity contribution in [3.8, 4) is 11.1 Å². The molecule has 0 aliphatic heterocycles. The van der Waals surface area contributed by atoms with E-state index in [1.54, 1.807) is 12.1 Å². The van der Waals surface area contributed by atoms with Gasteiger partial charge in [-0.2, -0.15) is 0 Å². The molecule has 0 aliphatic carbocycles. The van der Waals surface area contributed by atoms with E-state index in [2.05, 4.69) is 10.5 Å². The second kappa shape index (κ2) is 7.31. The largest absolute Gasteiger partial charge is 0.478 e. The van der Waals surface area contributed by atoms with Crippen molar-refractivity contribution in [2.45, 2.75) is 9.92 Å². The first kappa shape index (κ1) is 18.0. The lowest BCUT2D eigenvalue weighted by Gasteiger charge is -2.06. The molecule has 134 valence electrons. The quantitative estimate of drug-likeness (QED) is 0.401. The Morgan fingerprint density at radius 1 is 0.926 bits per heavy atom. The number of rotatable bonds is 4. The zero-order chi connectivity index (χ0) is 19.0. The number of carboxylic acids is 1. The van der Waals surface area contributed by atoms with Gasteiger partial charge in [0.05, 0.1) is 31.0 Å². The maximum atomic E-state index is 11.1. The molecule has 6 heteroatoms. The molecule has 0 radical (unpaired) electrons. The predicted octanol–water partition coefficient (Wildman–Crippen LogP) is 6.76. The molecule has 0 saturated heterocycles. The SMILES string of the molecule is O=C(O)c1ccc(-c2cc(Sc3c(Cl)cccc3Cl)n3ccccc23)cc1. The second-order valence-electron chi connectivity index (χ2n) is 5.89. The number of benzene rings is 2. The summed E-state index contributed by atoms with van der Waals surface area (Å²) in [5.41, 5.74) is 3.24. The number of aromatic carboxylic acids is 1. The van der Waals surface area contributed by atoms with Crippen LogP contribution in [0.3, 0.4) is 0 Å². The molecule has 4 aromatic rings. The maximum absolute atomic E-state index is 11.1. The fourth-order valence-corrected chi connectivity index (χ4v) is 4.51. The van der Waals surface area contributed by atoms with Crippen molar-refractivity contribution in [2.24, 2.45) is 0 Å². The van der Waals surface area contributed by atoms with Gasteiger partial charge in [0, 0.05) is 11.8 Å². The Labute approximate surface area is 170 Å². The molecular formula is C21H13Cl2NO2S. The normalized spacial score (nSPS) is 11.0. The van der Waals surface area contributed by atoms with Gasteiger partial charge in [-0.15, -0.1) is 0 Å². The van der Waals surface area contributed by atoms with Crippen LogP contribution in [0.1, 0.15) is 10.4 Å². The summed E-state index contributed by atoms with van der Waals surface area (Å²) in [6.07, 6.45) is 1.98. The first-order valence-electron chi connectivity index (χ1n) is 8.10. The Hall–Kier alpha value is -2.40. The van der Waals surface area contributed by atoms with Crippen LogP contribution in [0.25, 0.3) is 16.6 Å². The first-order chi connectivity index (χ1) is 13.0. The Balaban J connectivity index is 1.83. The molecule has 1 N–H and O–H groups in total. The van der Waals surface area contributed by atoms with E-state index >= 15 is 0 Å². The molecule has 0 spiro atoms. The predicted molar refractivity (Wildman–Crippen MR) is 110 cm³/mol. The zero-order valence-electron chi connectivity index (χ0n) is 13.9. The molecule has 2 aromatic carbocycles. The molecule has 0 amide bonds. The average Bonchev–Trinajstić information content (AvgIpc) is 3.04. The van der Waals surface area contributed by atoms with Crippen LogP contribution < -0.4 is 0 Å². The average molecular weight is 414 g/mol. The van der Waals surface area contributed by atoms with E-state index in [0.717, 1.165) is 26.6 Å². The minimum Gasteiger partial charge on any atom is -0.478 e. The maximum Gasteiger partial charge on any atom is 0.335 e. The van der Waals surface area contributed by atoms with Crippen LogP contribution in [0.4, 0.5) is 0 Å². The van der Waals surface area contributed by atoms with Gasteiger partial charge in [-0.05, 0) is 48.0 Å². The van der Waals surface area contributed by atoms with Gasteiger partial charge in [-0.1, -0.05) is 59.2 Å². The van der Waals surface area contributed by atoms with Gasteiger partial charge in [0.2, 0.25) is 0 Å². The molecule has 0 bridgehead atoms. The van der Waals surface area contributed by atoms with Crippen molar-refractivity contribution in [1.29, 1.82) is 0 Å². The van der Waals surface area contributed by atoms with E-state index in [0.29, 0.717) is 10.0 Å². The standard InChI is InChI=1S/C21H13Cl2NO2S/c22-16-4-3-5-17(23)20(16)27-19-12-15(18-6-1-2-11-24(18)19)13-7-9-14(10-8-13)21(25)26/h1-12H,(H,25,26). The number of hydrogen-bond acceptors (Lipinski definition) is 2. The number of pyridine rings is 1. The summed E-state index contributed by atoms with van der Waals surface area (Å²) in [4.78, 5) is 11.9. The van der Waals surface area contributed by atoms with Crippen LogP contribution in [0.2, 0.25) is 10.0 Å². The van der Waals surface area contributed by atoms with Crippen molar-refractivity contribution in [3.05, 3.63) is 88.5 Å². The highest BCUT2D eigenvalue weighted by Gasteiger charge is 2.15. The van der Waals surface area contributed by atoms with Crippen LogP contribution in [0.15, 0.2) is 82.8 Å². The lowest BCUT2D eigenvalue weighted by atomic mass is 10.1. The molecule has 0 atom stereocenters. The van der Waals surface area contributed by atoms with E-state index in [9.17, 15) is 4.79 Å². The van der Waals surface area contributed by atoms with E-state index in [1.807, 2.05) is 54.7 Å². The van der Waals surface area contributed by atoms with Gasteiger partial charge < -0.3 is 9.51 Å². The van der Waals surface area contributed by atoms with Crippen molar-refractivity contribution in [2.75, 3.05) is 0 Å². The Bertz CT molecular complexity index is 1130. The third kappa shape index (κ3) is 3.44. The lowest BCUT2D eigenvalue weighted by Crippen LogP contribution is -1.94. The second-order valence-corrected chi connectivity index (χ2v) is 7.73. The van der Waals surface area contributed by atoms with Gasteiger partial charge in [0.1, 0.15) is 0 Å². The third-order valence-electron chi connectivity index (χ3n) is 4.21. The summed E-state index contributed by atoms with van der Waals surface area (Å²) in [6, 6.07) is 20.3. The minimum atomic E-state index is -0.937. The third-order valence-corrected chi connectivity index (χ3v) is 6.23. The number of halogens is 2. The number of hydrogen-bond donors (Lipinski definition) is 1. The molecule has 2 aromatic heterocycles. The molecule has 27 heavy (non-hydrogen) atoms. The lowest BCUT2D eigenvalue weighted by molar-refractivity contribution is 0.0697. The van der Waals surface area contributed by atoms with Gasteiger partial charge in [-0.25, -0.2) is 4.79 Å². The van der Waals surface area contributed by atoms with E-state index in [-0.39, 0.29) is 5.56 Å². The van der Waals surface area contributed by atoms with Crippen LogP contribution in [0, 0.1) is 0 Å². The molecule has 0 unspecified atom stereocenters. The number of nitrogens with zero attached hydrogens (tertiary/aromatic N) is 1. The van der Waals surface area contributed by atoms with E-state index in [1.165, 1.54) is 11.8 Å². The van der Waals surface area contributed by atoms with Crippen molar-refractivity contribution < 1.29 is 9.90 Å². The molecule has 4 rings (SSSR count). The number of aromatic nitrogens is 1. The van der Waals surface area contributed by atoms with Crippen molar-refractivity contribution >= 4 is 46.4 Å². The number of carboxylic acid groups (broad SMARTS) is 1. The molecule has 0 saturated carbocycles. The Morgan fingerprint density at radius 2 is 1.63 bits per heavy atom. The van der Waals surface area contributed by atoms with Crippen molar-refractivity contribution in [1.82, 2.24) is 4.40 Å². The smallest absolute Gasteiger partial charge is 0.335 e. The van der Waals surface area contributed by atoms with Crippen LogP contribution in [-0.2, 0) is 0 Å². The van der Waals surface area contributed by atoms with Gasteiger partial charge in [-0.3, -0.25) is 0 Å². The summed E-state index contributed by atoms with van der Waals surface area (Å²) in [7, 11) is 0. The van der Waals surface area contributed by atoms with Gasteiger partial charge >= 0.3 is 5.97 Å². The highest BCUT2D eigenvalue weighted by Crippen LogP contribution is 2.41. The van der Waals surface area contributed by atoms with Crippen LogP contribution in [0.5, 0.6) is 0 Å².